The zero-order valence-electron chi connectivity index (χ0n) is 13.2. The van der Waals surface area contributed by atoms with Crippen LogP contribution in [-0.4, -0.2) is 56.4 Å². The van der Waals surface area contributed by atoms with E-state index in [2.05, 4.69) is 0 Å². The van der Waals surface area contributed by atoms with Crippen LogP contribution in [0.2, 0.25) is 0 Å². The second-order valence-electron chi connectivity index (χ2n) is 5.93. The number of likely N-dealkylation sites (N-methyl/N-ethyl adjacent to an activating group) is 1. The first-order valence-corrected chi connectivity index (χ1v) is 10.9. The van der Waals surface area contributed by atoms with Crippen LogP contribution in [0.25, 0.3) is 10.8 Å². The summed E-state index contributed by atoms with van der Waals surface area (Å²) >= 11 is 0. The number of sulfonamides is 1. The van der Waals surface area contributed by atoms with Crippen LogP contribution in [0.1, 0.15) is 6.92 Å². The Balaban J connectivity index is 2.03. The molecule has 0 amide bonds. The van der Waals surface area contributed by atoms with E-state index in [4.69, 9.17) is 0 Å². The Morgan fingerprint density at radius 2 is 1.79 bits per heavy atom. The first kappa shape index (κ1) is 17.3. The summed E-state index contributed by atoms with van der Waals surface area (Å²) in [5.41, 5.74) is 0. The third-order valence-electron chi connectivity index (χ3n) is 4.30. The van der Waals surface area contributed by atoms with Gasteiger partial charge in [-0.15, -0.1) is 0 Å². The highest BCUT2D eigenvalue weighted by atomic mass is 32.2. The van der Waals surface area contributed by atoms with E-state index >= 15 is 0 Å². The van der Waals surface area contributed by atoms with Gasteiger partial charge in [-0.3, -0.25) is 0 Å². The maximum Gasteiger partial charge on any atom is 0.243 e. The number of aliphatic hydroxyl groups excluding tert-OH is 1. The molecule has 1 fully saturated rings. The molecule has 0 spiro atoms. The van der Waals surface area contributed by atoms with E-state index in [0.29, 0.717) is 0 Å². The quantitative estimate of drug-likeness (QED) is 0.868. The van der Waals surface area contributed by atoms with Gasteiger partial charge in [-0.05, 0) is 22.9 Å². The van der Waals surface area contributed by atoms with Crippen molar-refractivity contribution in [2.24, 2.45) is 0 Å². The second kappa shape index (κ2) is 6.11. The Morgan fingerprint density at radius 3 is 2.38 bits per heavy atom. The predicted octanol–water partition coefficient (Wildman–Crippen LogP) is 1.01. The molecule has 0 unspecified atom stereocenters. The Morgan fingerprint density at radius 1 is 1.12 bits per heavy atom. The summed E-state index contributed by atoms with van der Waals surface area (Å²) in [6, 6.07) is 11.3. The Hall–Kier alpha value is -1.48. The minimum Gasteiger partial charge on any atom is -0.390 e. The third-order valence-corrected chi connectivity index (χ3v) is 8.00. The molecule has 0 radical (unpaired) electrons. The zero-order chi connectivity index (χ0) is 17.5. The zero-order valence-corrected chi connectivity index (χ0v) is 14.8. The third kappa shape index (κ3) is 3.06. The van der Waals surface area contributed by atoms with E-state index in [1.807, 2.05) is 24.3 Å². The van der Waals surface area contributed by atoms with Crippen molar-refractivity contribution in [3.8, 4) is 0 Å². The molecule has 1 heterocycles. The maximum absolute atomic E-state index is 13.0. The highest BCUT2D eigenvalue weighted by Gasteiger charge is 2.44. The molecule has 0 saturated carbocycles. The first-order chi connectivity index (χ1) is 11.2. The highest BCUT2D eigenvalue weighted by Crippen LogP contribution is 2.27. The number of nitrogens with zero attached hydrogens (tertiary/aromatic N) is 1. The minimum absolute atomic E-state index is 0.0897. The summed E-state index contributed by atoms with van der Waals surface area (Å²) in [7, 11) is -7.33. The average molecular weight is 369 g/mol. The molecule has 24 heavy (non-hydrogen) atoms. The van der Waals surface area contributed by atoms with Gasteiger partial charge in [0.15, 0.2) is 9.84 Å². The molecule has 8 heteroatoms. The van der Waals surface area contributed by atoms with Gasteiger partial charge < -0.3 is 5.11 Å². The van der Waals surface area contributed by atoms with Crippen LogP contribution < -0.4 is 0 Å². The molecule has 1 aliphatic rings. The Bertz CT molecular complexity index is 969. The molecular formula is C16H19NO5S2. The van der Waals surface area contributed by atoms with Crippen LogP contribution in [0, 0.1) is 0 Å². The van der Waals surface area contributed by atoms with E-state index < -0.39 is 37.8 Å². The van der Waals surface area contributed by atoms with E-state index in [-0.39, 0.29) is 17.2 Å². The Labute approximate surface area is 141 Å². The standard InChI is InChI=1S/C16H19NO5S2/c1-2-17(15-10-23(19,20)11-16(15)18)24(21,22)14-8-7-12-5-3-4-6-13(12)9-14/h3-9,15-16,18H,2,10-11H2,1H3/t15-,16-/m0/s1. The minimum atomic E-state index is -3.90. The lowest BCUT2D eigenvalue weighted by Gasteiger charge is -2.28. The van der Waals surface area contributed by atoms with E-state index in [1.54, 1.807) is 19.1 Å². The molecule has 0 aliphatic carbocycles. The summed E-state index contributed by atoms with van der Waals surface area (Å²) in [6.45, 7) is 1.72. The van der Waals surface area contributed by atoms with Crippen molar-refractivity contribution in [1.82, 2.24) is 4.31 Å². The second-order valence-corrected chi connectivity index (χ2v) is 9.97. The normalized spacial score (nSPS) is 23.8. The van der Waals surface area contributed by atoms with E-state index in [9.17, 15) is 21.9 Å². The van der Waals surface area contributed by atoms with Crippen LogP contribution in [0.3, 0.4) is 0 Å². The van der Waals surface area contributed by atoms with Gasteiger partial charge >= 0.3 is 0 Å². The number of fused-ring (bicyclic) bond motifs is 1. The van der Waals surface area contributed by atoms with Gasteiger partial charge in [-0.2, -0.15) is 4.31 Å². The molecule has 1 saturated heterocycles. The van der Waals surface area contributed by atoms with Gasteiger partial charge in [0.1, 0.15) is 0 Å². The number of hydrogen-bond acceptors (Lipinski definition) is 5. The average Bonchev–Trinajstić information content (AvgIpc) is 2.80. The number of rotatable bonds is 4. The van der Waals surface area contributed by atoms with Crippen LogP contribution in [0.15, 0.2) is 47.4 Å². The van der Waals surface area contributed by atoms with Gasteiger partial charge in [0.25, 0.3) is 0 Å². The number of aliphatic hydroxyl groups is 1. The fraction of sp³-hybridized carbons (Fsp3) is 0.375. The first-order valence-electron chi connectivity index (χ1n) is 7.64. The lowest BCUT2D eigenvalue weighted by Crippen LogP contribution is -2.46. The summed E-state index contributed by atoms with van der Waals surface area (Å²) in [6.07, 6.45) is -1.20. The summed E-state index contributed by atoms with van der Waals surface area (Å²) in [5, 5.41) is 11.7. The summed E-state index contributed by atoms with van der Waals surface area (Å²) in [4.78, 5) is 0.0968. The van der Waals surface area contributed by atoms with Crippen molar-refractivity contribution in [2.45, 2.75) is 24.0 Å². The van der Waals surface area contributed by atoms with Gasteiger partial charge in [0, 0.05) is 6.54 Å². The van der Waals surface area contributed by atoms with Crippen molar-refractivity contribution in [1.29, 1.82) is 0 Å². The molecule has 6 nitrogen and oxygen atoms in total. The lowest BCUT2D eigenvalue weighted by atomic mass is 10.1. The van der Waals surface area contributed by atoms with Crippen molar-refractivity contribution in [3.63, 3.8) is 0 Å². The van der Waals surface area contributed by atoms with Crippen molar-refractivity contribution in [2.75, 3.05) is 18.1 Å². The molecule has 3 rings (SSSR count). The van der Waals surface area contributed by atoms with Crippen molar-refractivity contribution >= 4 is 30.6 Å². The summed E-state index contributed by atoms with van der Waals surface area (Å²) in [5.74, 6) is -0.754. The van der Waals surface area contributed by atoms with Crippen LogP contribution >= 0.6 is 0 Å². The molecule has 1 N–H and O–H groups in total. The van der Waals surface area contributed by atoms with Gasteiger partial charge in [0.05, 0.1) is 28.5 Å². The number of sulfone groups is 1. The largest absolute Gasteiger partial charge is 0.390 e. The van der Waals surface area contributed by atoms with E-state index in [0.717, 1.165) is 15.1 Å². The van der Waals surface area contributed by atoms with Gasteiger partial charge in [-0.25, -0.2) is 16.8 Å². The van der Waals surface area contributed by atoms with Crippen molar-refractivity contribution < 1.29 is 21.9 Å². The topological polar surface area (TPSA) is 91.8 Å². The van der Waals surface area contributed by atoms with Crippen LogP contribution in [0.4, 0.5) is 0 Å². The molecule has 0 bridgehead atoms. The van der Waals surface area contributed by atoms with Gasteiger partial charge in [-0.1, -0.05) is 37.3 Å². The number of hydrogen-bond donors (Lipinski definition) is 1. The predicted molar refractivity (Wildman–Crippen MR) is 92.0 cm³/mol. The molecule has 2 aromatic carbocycles. The van der Waals surface area contributed by atoms with Crippen LogP contribution in [-0.2, 0) is 19.9 Å². The fourth-order valence-electron chi connectivity index (χ4n) is 3.13. The maximum atomic E-state index is 13.0. The van der Waals surface area contributed by atoms with E-state index in [1.165, 1.54) is 6.07 Å². The molecule has 1 aliphatic heterocycles. The number of benzene rings is 2. The molecule has 2 atom stereocenters. The highest BCUT2D eigenvalue weighted by molar-refractivity contribution is 7.92. The SMILES string of the molecule is CCN([C@H]1CS(=O)(=O)C[C@@H]1O)S(=O)(=O)c1ccc2ccccc2c1. The molecule has 130 valence electrons. The fourth-order valence-corrected chi connectivity index (χ4v) is 6.73. The monoisotopic (exact) mass is 369 g/mol. The molecule has 0 aromatic heterocycles. The van der Waals surface area contributed by atoms with Crippen LogP contribution in [0.5, 0.6) is 0 Å². The van der Waals surface area contributed by atoms with Gasteiger partial charge in [0.2, 0.25) is 10.0 Å². The lowest BCUT2D eigenvalue weighted by molar-refractivity contribution is 0.130. The Kier molecular flexibility index (Phi) is 4.41. The molecule has 2 aromatic rings. The smallest absolute Gasteiger partial charge is 0.243 e. The van der Waals surface area contributed by atoms with Crippen molar-refractivity contribution in [3.05, 3.63) is 42.5 Å². The molecular weight excluding hydrogens is 350 g/mol. The summed E-state index contributed by atoms with van der Waals surface area (Å²) < 4.78 is 50.5.